The van der Waals surface area contributed by atoms with Gasteiger partial charge in [0.25, 0.3) is 0 Å². The van der Waals surface area contributed by atoms with Gasteiger partial charge < -0.3 is 10.1 Å². The molecule has 0 saturated heterocycles. The third kappa shape index (κ3) is 1.46. The Labute approximate surface area is 81.6 Å². The molecule has 0 atom stereocenters. The number of fused-ring (bicyclic) bond motifs is 1. The number of nitrogens with one attached hydrogen (secondary N) is 1. The minimum Gasteiger partial charge on any atom is -0.464 e. The predicted molar refractivity (Wildman–Crippen MR) is 51.7 cm³/mol. The summed E-state index contributed by atoms with van der Waals surface area (Å²) < 4.78 is 4.61. The fourth-order valence-corrected chi connectivity index (χ4v) is 1.35. The molecule has 0 fully saturated rings. The molecule has 0 radical (unpaired) electrons. The number of esters is 1. The molecule has 1 aliphatic heterocycles. The molecule has 1 aromatic heterocycles. The van der Waals surface area contributed by atoms with Gasteiger partial charge in [0.1, 0.15) is 11.5 Å². The standard InChI is InChI=1S/C10H10N2O2/c1-14-10(13)8-5-4-7-3-2-6-11-9(7)12-8/h2-3,5-6H,4H2,1H3,(H,11,12). The number of aromatic nitrogens is 1. The fraction of sp³-hybridized carbons (Fsp3) is 0.200. The van der Waals surface area contributed by atoms with Crippen molar-refractivity contribution in [2.45, 2.75) is 6.42 Å². The minimum absolute atomic E-state index is 0.360. The Balaban J connectivity index is 2.25. The number of hydrogen-bond donors (Lipinski definition) is 1. The van der Waals surface area contributed by atoms with Crippen molar-refractivity contribution >= 4 is 11.8 Å². The van der Waals surface area contributed by atoms with Crippen LogP contribution in [0, 0.1) is 0 Å². The van der Waals surface area contributed by atoms with Crippen LogP contribution < -0.4 is 5.32 Å². The van der Waals surface area contributed by atoms with Gasteiger partial charge in [-0.1, -0.05) is 6.07 Å². The number of anilines is 1. The van der Waals surface area contributed by atoms with Gasteiger partial charge in [0, 0.05) is 6.20 Å². The van der Waals surface area contributed by atoms with E-state index in [9.17, 15) is 4.79 Å². The zero-order valence-electron chi connectivity index (χ0n) is 7.78. The average molecular weight is 190 g/mol. The summed E-state index contributed by atoms with van der Waals surface area (Å²) in [7, 11) is 1.36. The SMILES string of the molecule is COC(=O)C1=CCc2cccnc2N1. The molecule has 0 aliphatic carbocycles. The molecule has 1 aromatic rings. The van der Waals surface area contributed by atoms with Crippen LogP contribution in [-0.2, 0) is 16.0 Å². The summed E-state index contributed by atoms with van der Waals surface area (Å²) in [6.07, 6.45) is 4.20. The topological polar surface area (TPSA) is 51.2 Å². The van der Waals surface area contributed by atoms with Crippen molar-refractivity contribution < 1.29 is 9.53 Å². The third-order valence-electron chi connectivity index (χ3n) is 2.08. The van der Waals surface area contributed by atoms with Gasteiger partial charge >= 0.3 is 5.97 Å². The molecule has 4 nitrogen and oxygen atoms in total. The highest BCUT2D eigenvalue weighted by molar-refractivity contribution is 5.92. The molecule has 1 aliphatic rings. The van der Waals surface area contributed by atoms with Crippen LogP contribution in [0.15, 0.2) is 30.1 Å². The Bertz CT molecular complexity index is 399. The number of methoxy groups -OCH3 is 1. The summed E-state index contributed by atoms with van der Waals surface area (Å²) >= 11 is 0. The number of rotatable bonds is 1. The molecular weight excluding hydrogens is 180 g/mol. The van der Waals surface area contributed by atoms with E-state index in [2.05, 4.69) is 15.0 Å². The summed E-state index contributed by atoms with van der Waals surface area (Å²) in [5.41, 5.74) is 1.54. The molecule has 0 aromatic carbocycles. The van der Waals surface area contributed by atoms with Crippen molar-refractivity contribution in [2.24, 2.45) is 0 Å². The van der Waals surface area contributed by atoms with Gasteiger partial charge in [0.05, 0.1) is 7.11 Å². The van der Waals surface area contributed by atoms with Crippen LogP contribution >= 0.6 is 0 Å². The molecule has 1 N–H and O–H groups in total. The number of allylic oxidation sites excluding steroid dienone is 1. The second-order valence-corrected chi connectivity index (χ2v) is 2.95. The zero-order valence-corrected chi connectivity index (χ0v) is 7.78. The summed E-state index contributed by atoms with van der Waals surface area (Å²) in [6.45, 7) is 0. The molecule has 0 spiro atoms. The first-order valence-corrected chi connectivity index (χ1v) is 4.30. The lowest BCUT2D eigenvalue weighted by molar-refractivity contribution is -0.135. The van der Waals surface area contributed by atoms with E-state index in [1.807, 2.05) is 12.1 Å². The average Bonchev–Trinajstić information content (AvgIpc) is 2.27. The van der Waals surface area contributed by atoms with E-state index < -0.39 is 0 Å². The lowest BCUT2D eigenvalue weighted by Gasteiger charge is -2.15. The molecule has 2 heterocycles. The van der Waals surface area contributed by atoms with Crippen LogP contribution in [0.2, 0.25) is 0 Å². The second kappa shape index (κ2) is 3.49. The molecule has 14 heavy (non-hydrogen) atoms. The van der Waals surface area contributed by atoms with Crippen molar-refractivity contribution in [1.29, 1.82) is 0 Å². The van der Waals surface area contributed by atoms with Crippen LogP contribution in [-0.4, -0.2) is 18.1 Å². The number of nitrogens with zero attached hydrogens (tertiary/aromatic N) is 1. The van der Waals surface area contributed by atoms with Crippen molar-refractivity contribution in [2.75, 3.05) is 12.4 Å². The lowest BCUT2D eigenvalue weighted by Crippen LogP contribution is -2.18. The molecule has 0 unspecified atom stereocenters. The highest BCUT2D eigenvalue weighted by Gasteiger charge is 2.16. The molecule has 0 saturated carbocycles. The van der Waals surface area contributed by atoms with E-state index in [1.165, 1.54) is 7.11 Å². The van der Waals surface area contributed by atoms with Gasteiger partial charge in [0.2, 0.25) is 0 Å². The third-order valence-corrected chi connectivity index (χ3v) is 2.08. The molecule has 4 heteroatoms. The van der Waals surface area contributed by atoms with Gasteiger partial charge in [-0.3, -0.25) is 0 Å². The number of carbonyl (C=O) groups is 1. The first-order valence-electron chi connectivity index (χ1n) is 4.30. The van der Waals surface area contributed by atoms with Crippen LogP contribution in [0.4, 0.5) is 5.82 Å². The Kier molecular flexibility index (Phi) is 2.18. The van der Waals surface area contributed by atoms with Crippen LogP contribution in [0.3, 0.4) is 0 Å². The first kappa shape index (κ1) is 8.74. The Morgan fingerprint density at radius 3 is 3.29 bits per heavy atom. The van der Waals surface area contributed by atoms with Crippen molar-refractivity contribution in [3.8, 4) is 0 Å². The number of ether oxygens (including phenoxy) is 1. The van der Waals surface area contributed by atoms with Crippen LogP contribution in [0.5, 0.6) is 0 Å². The highest BCUT2D eigenvalue weighted by Crippen LogP contribution is 2.20. The van der Waals surface area contributed by atoms with E-state index in [1.54, 1.807) is 12.3 Å². The molecular formula is C10H10N2O2. The Morgan fingerprint density at radius 2 is 2.50 bits per heavy atom. The zero-order chi connectivity index (χ0) is 9.97. The van der Waals surface area contributed by atoms with Crippen LogP contribution in [0.1, 0.15) is 5.56 Å². The molecule has 0 bridgehead atoms. The van der Waals surface area contributed by atoms with E-state index in [-0.39, 0.29) is 5.97 Å². The van der Waals surface area contributed by atoms with Crippen molar-refractivity contribution in [3.63, 3.8) is 0 Å². The number of pyridine rings is 1. The van der Waals surface area contributed by atoms with E-state index >= 15 is 0 Å². The van der Waals surface area contributed by atoms with E-state index in [0.29, 0.717) is 12.1 Å². The van der Waals surface area contributed by atoms with Gasteiger partial charge in [0.15, 0.2) is 0 Å². The first-order chi connectivity index (χ1) is 6.81. The lowest BCUT2D eigenvalue weighted by atomic mass is 10.1. The molecule has 2 rings (SSSR count). The maximum atomic E-state index is 11.2. The van der Waals surface area contributed by atoms with Gasteiger partial charge in [-0.25, -0.2) is 9.78 Å². The summed E-state index contributed by atoms with van der Waals surface area (Å²) in [6, 6.07) is 3.84. The quantitative estimate of drug-likeness (QED) is 0.674. The second-order valence-electron chi connectivity index (χ2n) is 2.95. The summed E-state index contributed by atoms with van der Waals surface area (Å²) in [5.74, 6) is 0.372. The Morgan fingerprint density at radius 1 is 1.64 bits per heavy atom. The van der Waals surface area contributed by atoms with Gasteiger partial charge in [-0.05, 0) is 24.1 Å². The number of carbonyl (C=O) groups excluding carboxylic acids is 1. The summed E-state index contributed by atoms with van der Waals surface area (Å²) in [5, 5.41) is 2.92. The smallest absolute Gasteiger partial charge is 0.354 e. The van der Waals surface area contributed by atoms with Crippen molar-refractivity contribution in [1.82, 2.24) is 4.98 Å². The highest BCUT2D eigenvalue weighted by atomic mass is 16.5. The van der Waals surface area contributed by atoms with Crippen LogP contribution in [0.25, 0.3) is 0 Å². The maximum absolute atomic E-state index is 11.2. The minimum atomic E-state index is -0.360. The number of hydrogen-bond acceptors (Lipinski definition) is 4. The molecule has 72 valence electrons. The largest absolute Gasteiger partial charge is 0.464 e. The van der Waals surface area contributed by atoms with E-state index in [0.717, 1.165) is 11.4 Å². The predicted octanol–water partition coefficient (Wildman–Crippen LogP) is 1.11. The van der Waals surface area contributed by atoms with Crippen molar-refractivity contribution in [3.05, 3.63) is 35.7 Å². The van der Waals surface area contributed by atoms with Gasteiger partial charge in [-0.15, -0.1) is 0 Å². The maximum Gasteiger partial charge on any atom is 0.354 e. The summed E-state index contributed by atoms with van der Waals surface area (Å²) in [4.78, 5) is 15.3. The Hall–Kier alpha value is -1.84. The monoisotopic (exact) mass is 190 g/mol. The van der Waals surface area contributed by atoms with E-state index in [4.69, 9.17) is 0 Å². The molecule has 0 amide bonds. The normalized spacial score (nSPS) is 13.6. The fourth-order valence-electron chi connectivity index (χ4n) is 1.35. The van der Waals surface area contributed by atoms with Gasteiger partial charge in [-0.2, -0.15) is 0 Å².